The number of nitrogens with zero attached hydrogens (tertiary/aromatic N) is 7. The van der Waals surface area contributed by atoms with E-state index in [9.17, 15) is 0 Å². The fourth-order valence-corrected chi connectivity index (χ4v) is 1.75. The summed E-state index contributed by atoms with van der Waals surface area (Å²) in [4.78, 5) is 18.3. The third-order valence-electron chi connectivity index (χ3n) is 2.62. The maximum Gasteiger partial charge on any atom is 0.258 e. The second-order valence-corrected chi connectivity index (χ2v) is 4.36. The predicted molar refractivity (Wildman–Crippen MR) is 75.7 cm³/mol. The molecule has 2 aromatic heterocycles. The van der Waals surface area contributed by atoms with Crippen molar-refractivity contribution in [1.29, 1.82) is 0 Å². The quantitative estimate of drug-likeness (QED) is 0.683. The molecule has 0 aliphatic rings. The zero-order chi connectivity index (χ0) is 15.1. The Kier molecular flexibility index (Phi) is 5.78. The van der Waals surface area contributed by atoms with E-state index >= 15 is 0 Å². The number of aromatic nitrogens is 6. The van der Waals surface area contributed by atoms with Crippen molar-refractivity contribution < 1.29 is 9.47 Å². The molecule has 0 saturated heterocycles. The van der Waals surface area contributed by atoms with Crippen LogP contribution in [0, 0.1) is 0 Å². The van der Waals surface area contributed by atoms with Crippen LogP contribution in [0.15, 0.2) is 12.7 Å². The Labute approximate surface area is 126 Å². The van der Waals surface area contributed by atoms with Gasteiger partial charge < -0.3 is 14.4 Å². The third kappa shape index (κ3) is 4.31. The summed E-state index contributed by atoms with van der Waals surface area (Å²) in [7, 11) is 3.27. The van der Waals surface area contributed by atoms with Crippen LogP contribution in [0.5, 0.6) is 0 Å². The van der Waals surface area contributed by atoms with Crippen LogP contribution in [-0.2, 0) is 9.47 Å². The fraction of sp³-hybridized carbons (Fsp3) is 0.545. The van der Waals surface area contributed by atoms with E-state index in [0.29, 0.717) is 38.2 Å². The number of ether oxygens (including phenoxy) is 2. The van der Waals surface area contributed by atoms with Crippen molar-refractivity contribution in [3.63, 3.8) is 0 Å². The highest BCUT2D eigenvalue weighted by molar-refractivity contribution is 6.28. The molecule has 0 saturated carbocycles. The van der Waals surface area contributed by atoms with Gasteiger partial charge in [0.2, 0.25) is 11.2 Å². The summed E-state index contributed by atoms with van der Waals surface area (Å²) in [5.41, 5.74) is 0. The van der Waals surface area contributed by atoms with E-state index in [-0.39, 0.29) is 5.28 Å². The zero-order valence-electron chi connectivity index (χ0n) is 11.8. The van der Waals surface area contributed by atoms with Gasteiger partial charge in [0.05, 0.1) is 13.2 Å². The third-order valence-corrected chi connectivity index (χ3v) is 2.79. The number of methoxy groups -OCH3 is 2. The Bertz CT molecular complexity index is 544. The molecule has 0 bridgehead atoms. The van der Waals surface area contributed by atoms with E-state index in [0.717, 1.165) is 0 Å². The molecule has 0 N–H and O–H groups in total. The molecule has 0 radical (unpaired) electrons. The first-order chi connectivity index (χ1) is 10.2. The molecule has 10 heteroatoms. The molecule has 0 aliphatic carbocycles. The van der Waals surface area contributed by atoms with Gasteiger partial charge in [-0.15, -0.1) is 0 Å². The average molecular weight is 314 g/mol. The molecule has 114 valence electrons. The van der Waals surface area contributed by atoms with E-state index in [1.165, 1.54) is 17.3 Å². The summed E-state index contributed by atoms with van der Waals surface area (Å²) in [5, 5.41) is 4.07. The van der Waals surface area contributed by atoms with Crippen molar-refractivity contribution in [2.75, 3.05) is 45.4 Å². The second kappa shape index (κ2) is 7.81. The highest BCUT2D eigenvalue weighted by atomic mass is 35.5. The number of rotatable bonds is 8. The molecular weight excluding hydrogens is 298 g/mol. The van der Waals surface area contributed by atoms with E-state index in [2.05, 4.69) is 25.0 Å². The summed E-state index contributed by atoms with van der Waals surface area (Å²) >= 11 is 5.97. The molecule has 21 heavy (non-hydrogen) atoms. The lowest BCUT2D eigenvalue weighted by atomic mass is 10.5. The minimum absolute atomic E-state index is 0.0883. The van der Waals surface area contributed by atoms with Gasteiger partial charge in [0.15, 0.2) is 0 Å². The van der Waals surface area contributed by atoms with Gasteiger partial charge in [-0.2, -0.15) is 24.7 Å². The van der Waals surface area contributed by atoms with Crippen LogP contribution in [0.25, 0.3) is 5.95 Å². The summed E-state index contributed by atoms with van der Waals surface area (Å²) < 4.78 is 11.6. The SMILES string of the molecule is COCCN(CCOC)c1nc(Cl)nc(-n2cncn2)n1. The van der Waals surface area contributed by atoms with Crippen LogP contribution in [-0.4, -0.2) is 70.2 Å². The summed E-state index contributed by atoms with van der Waals surface area (Å²) in [6, 6.07) is 0. The molecule has 0 aliphatic heterocycles. The lowest BCUT2D eigenvalue weighted by Crippen LogP contribution is -2.32. The van der Waals surface area contributed by atoms with Gasteiger partial charge in [-0.25, -0.2) is 4.98 Å². The molecule has 2 rings (SSSR count). The van der Waals surface area contributed by atoms with Gasteiger partial charge in [0.1, 0.15) is 12.7 Å². The lowest BCUT2D eigenvalue weighted by molar-refractivity contribution is 0.189. The lowest BCUT2D eigenvalue weighted by Gasteiger charge is -2.22. The Morgan fingerprint density at radius 2 is 1.86 bits per heavy atom. The molecule has 0 aromatic carbocycles. The Morgan fingerprint density at radius 1 is 1.14 bits per heavy atom. The Hall–Kier alpha value is -1.84. The topological polar surface area (TPSA) is 91.1 Å². The number of hydrogen-bond donors (Lipinski definition) is 0. The van der Waals surface area contributed by atoms with Crippen LogP contribution >= 0.6 is 11.6 Å². The van der Waals surface area contributed by atoms with E-state index in [4.69, 9.17) is 21.1 Å². The van der Waals surface area contributed by atoms with Gasteiger partial charge in [-0.1, -0.05) is 0 Å². The molecule has 2 aromatic rings. The second-order valence-electron chi connectivity index (χ2n) is 4.02. The van der Waals surface area contributed by atoms with Crippen molar-refractivity contribution in [3.05, 3.63) is 17.9 Å². The number of halogens is 1. The Balaban J connectivity index is 2.26. The summed E-state index contributed by atoms with van der Waals surface area (Å²) in [5.74, 6) is 0.747. The maximum atomic E-state index is 5.97. The van der Waals surface area contributed by atoms with Crippen LogP contribution in [0.3, 0.4) is 0 Å². The Morgan fingerprint density at radius 3 is 2.43 bits per heavy atom. The van der Waals surface area contributed by atoms with Gasteiger partial charge >= 0.3 is 0 Å². The number of anilines is 1. The first kappa shape index (κ1) is 15.5. The van der Waals surface area contributed by atoms with Crippen molar-refractivity contribution in [2.24, 2.45) is 0 Å². The normalized spacial score (nSPS) is 10.8. The van der Waals surface area contributed by atoms with Crippen molar-refractivity contribution in [2.45, 2.75) is 0 Å². The van der Waals surface area contributed by atoms with E-state index in [1.54, 1.807) is 14.2 Å². The van der Waals surface area contributed by atoms with Gasteiger partial charge in [0, 0.05) is 27.3 Å². The zero-order valence-corrected chi connectivity index (χ0v) is 12.6. The van der Waals surface area contributed by atoms with Crippen LogP contribution in [0.2, 0.25) is 5.28 Å². The highest BCUT2D eigenvalue weighted by Gasteiger charge is 2.14. The summed E-state index contributed by atoms with van der Waals surface area (Å²) in [6.45, 7) is 2.28. The summed E-state index contributed by atoms with van der Waals surface area (Å²) in [6.07, 6.45) is 2.88. The van der Waals surface area contributed by atoms with Gasteiger partial charge in [0.25, 0.3) is 5.95 Å². The van der Waals surface area contributed by atoms with Crippen LogP contribution in [0.1, 0.15) is 0 Å². The fourth-order valence-electron chi connectivity index (χ4n) is 1.60. The van der Waals surface area contributed by atoms with Crippen LogP contribution < -0.4 is 4.90 Å². The van der Waals surface area contributed by atoms with Gasteiger partial charge in [-0.05, 0) is 11.6 Å². The molecule has 0 spiro atoms. The average Bonchev–Trinajstić information content (AvgIpc) is 3.01. The largest absolute Gasteiger partial charge is 0.383 e. The molecule has 0 atom stereocenters. The minimum atomic E-state index is 0.0883. The highest BCUT2D eigenvalue weighted by Crippen LogP contribution is 2.12. The standard InChI is InChI=1S/C11H16ClN7O2/c1-20-5-3-18(4-6-21-2)10-15-9(12)16-11(17-10)19-8-13-7-14-19/h7-8H,3-6H2,1-2H3. The molecule has 0 unspecified atom stereocenters. The molecule has 2 heterocycles. The maximum absolute atomic E-state index is 5.97. The first-order valence-electron chi connectivity index (χ1n) is 6.24. The van der Waals surface area contributed by atoms with E-state index < -0.39 is 0 Å². The molecule has 0 amide bonds. The smallest absolute Gasteiger partial charge is 0.258 e. The monoisotopic (exact) mass is 313 g/mol. The predicted octanol–water partition coefficient (Wildman–Crippen LogP) is 0.205. The van der Waals surface area contributed by atoms with Gasteiger partial charge in [-0.3, -0.25) is 0 Å². The number of hydrogen-bond acceptors (Lipinski definition) is 8. The van der Waals surface area contributed by atoms with E-state index in [1.807, 2.05) is 4.90 Å². The van der Waals surface area contributed by atoms with Crippen molar-refractivity contribution >= 4 is 17.5 Å². The molecular formula is C11H16ClN7O2. The molecule has 0 fully saturated rings. The minimum Gasteiger partial charge on any atom is -0.383 e. The molecule has 9 nitrogen and oxygen atoms in total. The first-order valence-corrected chi connectivity index (χ1v) is 6.61. The van der Waals surface area contributed by atoms with Crippen LogP contribution in [0.4, 0.5) is 5.95 Å². The van der Waals surface area contributed by atoms with Crippen molar-refractivity contribution in [1.82, 2.24) is 29.7 Å². The van der Waals surface area contributed by atoms with Crippen molar-refractivity contribution in [3.8, 4) is 5.95 Å².